The van der Waals surface area contributed by atoms with E-state index in [1.807, 2.05) is 0 Å². The number of ether oxygens (including phenoxy) is 2. The number of carboxylic acid groups (broad SMARTS) is 1. The Bertz CT molecular complexity index is 854. The summed E-state index contributed by atoms with van der Waals surface area (Å²) in [4.78, 5) is 11.4. The van der Waals surface area contributed by atoms with Gasteiger partial charge in [-0.15, -0.1) is 0 Å². The minimum absolute atomic E-state index is 0.0825. The van der Waals surface area contributed by atoms with Crippen LogP contribution in [0.15, 0.2) is 58.4 Å². The first-order chi connectivity index (χ1) is 12.4. The van der Waals surface area contributed by atoms with Gasteiger partial charge in [0.05, 0.1) is 24.0 Å². The van der Waals surface area contributed by atoms with Crippen molar-refractivity contribution in [1.29, 1.82) is 0 Å². The molecule has 0 fully saturated rings. The Morgan fingerprint density at radius 1 is 1.23 bits per heavy atom. The smallest absolute Gasteiger partial charge is 0.373 e. The van der Waals surface area contributed by atoms with Crippen LogP contribution in [0.25, 0.3) is 0 Å². The van der Waals surface area contributed by atoms with Crippen molar-refractivity contribution in [3.63, 3.8) is 0 Å². The molecule has 26 heavy (non-hydrogen) atoms. The van der Waals surface area contributed by atoms with Crippen LogP contribution in [0, 0.1) is 5.82 Å². The molecule has 2 rings (SSSR count). The second kappa shape index (κ2) is 9.07. The van der Waals surface area contributed by atoms with Gasteiger partial charge in [0, 0.05) is 0 Å². The highest BCUT2D eigenvalue weighted by Gasteiger charge is 2.15. The molecule has 2 aromatic rings. The Morgan fingerprint density at radius 3 is 2.46 bits per heavy atom. The molecule has 0 aromatic heterocycles. The summed E-state index contributed by atoms with van der Waals surface area (Å²) in [5.74, 6) is -1.61. The molecule has 0 spiro atoms. The Kier molecular flexibility index (Phi) is 6.82. The molecule has 0 saturated carbocycles. The fourth-order valence-corrected chi connectivity index (χ4v) is 2.09. The number of nitrogens with zero attached hydrogens (tertiary/aromatic N) is 1. The van der Waals surface area contributed by atoms with Gasteiger partial charge in [-0.2, -0.15) is 5.10 Å². The molecule has 6 nitrogen and oxygen atoms in total. The number of hydrogen-bond acceptors (Lipinski definition) is 5. The van der Waals surface area contributed by atoms with Crippen LogP contribution in [0.3, 0.4) is 0 Å². The van der Waals surface area contributed by atoms with E-state index in [9.17, 15) is 14.3 Å². The van der Waals surface area contributed by atoms with Crippen LogP contribution < -0.4 is 14.9 Å². The molecule has 0 atom stereocenters. The molecular formula is C17H13Cl2FN2O4. The van der Waals surface area contributed by atoms with Gasteiger partial charge in [-0.1, -0.05) is 23.2 Å². The number of nitrogens with one attached hydrogen (secondary N) is 1. The van der Waals surface area contributed by atoms with E-state index in [0.29, 0.717) is 11.4 Å². The zero-order chi connectivity index (χ0) is 19.1. The lowest BCUT2D eigenvalue weighted by Crippen LogP contribution is -2.10. The number of allylic oxidation sites excluding steroid dienone is 1. The number of carboxylic acids is 1. The number of halogens is 3. The topological polar surface area (TPSA) is 80.2 Å². The molecule has 0 amide bonds. The molecule has 2 N–H and O–H groups in total. The Balaban J connectivity index is 2.12. The molecule has 9 heteroatoms. The number of rotatable bonds is 7. The van der Waals surface area contributed by atoms with Crippen molar-refractivity contribution in [2.75, 3.05) is 12.5 Å². The average molecular weight is 399 g/mol. The van der Waals surface area contributed by atoms with Crippen LogP contribution in [-0.4, -0.2) is 24.4 Å². The van der Waals surface area contributed by atoms with E-state index in [4.69, 9.17) is 32.7 Å². The lowest BCUT2D eigenvalue weighted by Gasteiger charge is -2.08. The molecule has 0 radical (unpaired) electrons. The maximum absolute atomic E-state index is 13.1. The predicted molar refractivity (Wildman–Crippen MR) is 97.7 cm³/mol. The first-order valence-electron chi connectivity index (χ1n) is 7.10. The van der Waals surface area contributed by atoms with Crippen molar-refractivity contribution >= 4 is 41.1 Å². The van der Waals surface area contributed by atoms with Gasteiger partial charge >= 0.3 is 5.97 Å². The van der Waals surface area contributed by atoms with Crippen molar-refractivity contribution in [3.8, 4) is 11.5 Å². The van der Waals surface area contributed by atoms with E-state index in [1.165, 1.54) is 31.4 Å². The minimum atomic E-state index is -1.37. The highest BCUT2D eigenvalue weighted by atomic mass is 35.5. The van der Waals surface area contributed by atoms with Gasteiger partial charge in [-0.3, -0.25) is 5.43 Å². The number of methoxy groups -OCH3 is 1. The number of carbonyl (C=O) groups is 1. The number of anilines is 1. The van der Waals surface area contributed by atoms with Gasteiger partial charge in [0.2, 0.25) is 5.76 Å². The van der Waals surface area contributed by atoms with Gasteiger partial charge in [-0.25, -0.2) is 9.18 Å². The Hall–Kier alpha value is -2.77. The summed E-state index contributed by atoms with van der Waals surface area (Å²) < 4.78 is 23.4. The molecule has 0 aliphatic carbocycles. The average Bonchev–Trinajstić information content (AvgIpc) is 2.62. The van der Waals surface area contributed by atoms with Crippen LogP contribution in [0.4, 0.5) is 10.1 Å². The van der Waals surface area contributed by atoms with Crippen molar-refractivity contribution in [2.45, 2.75) is 0 Å². The molecule has 0 aliphatic rings. The summed E-state index contributed by atoms with van der Waals surface area (Å²) in [6.45, 7) is 0. The molecule has 0 bridgehead atoms. The highest BCUT2D eigenvalue weighted by molar-refractivity contribution is 6.41. The summed E-state index contributed by atoms with van der Waals surface area (Å²) >= 11 is 11.6. The van der Waals surface area contributed by atoms with Crippen LogP contribution in [-0.2, 0) is 4.79 Å². The van der Waals surface area contributed by atoms with Crippen molar-refractivity contribution < 1.29 is 23.8 Å². The van der Waals surface area contributed by atoms with Crippen molar-refractivity contribution in [2.24, 2.45) is 5.10 Å². The van der Waals surface area contributed by atoms with E-state index < -0.39 is 17.5 Å². The van der Waals surface area contributed by atoms with Gasteiger partial charge in [0.15, 0.2) is 0 Å². The summed E-state index contributed by atoms with van der Waals surface area (Å²) in [5.41, 5.74) is 2.94. The fraction of sp³-hybridized carbons (Fsp3) is 0.0588. The summed E-state index contributed by atoms with van der Waals surface area (Å²) in [7, 11) is 1.51. The zero-order valence-corrected chi connectivity index (χ0v) is 14.9. The second-order valence-electron chi connectivity index (χ2n) is 4.76. The maximum atomic E-state index is 13.1. The van der Waals surface area contributed by atoms with Gasteiger partial charge < -0.3 is 14.6 Å². The number of hydrogen-bond donors (Lipinski definition) is 2. The predicted octanol–water partition coefficient (Wildman–Crippen LogP) is 4.50. The monoisotopic (exact) mass is 398 g/mol. The molecule has 0 heterocycles. The van der Waals surface area contributed by atoms with Crippen molar-refractivity contribution in [1.82, 2.24) is 0 Å². The van der Waals surface area contributed by atoms with Crippen LogP contribution in [0.1, 0.15) is 0 Å². The Morgan fingerprint density at radius 2 is 1.88 bits per heavy atom. The molecule has 136 valence electrons. The van der Waals surface area contributed by atoms with Gasteiger partial charge in [0.1, 0.15) is 22.3 Å². The van der Waals surface area contributed by atoms with E-state index in [2.05, 4.69) is 10.5 Å². The summed E-state index contributed by atoms with van der Waals surface area (Å²) in [6.07, 6.45) is 1.05. The highest BCUT2D eigenvalue weighted by Crippen LogP contribution is 2.22. The molecule has 2 aromatic carbocycles. The van der Waals surface area contributed by atoms with E-state index in [0.717, 1.165) is 12.3 Å². The molecule has 0 unspecified atom stereocenters. The maximum Gasteiger partial charge on any atom is 0.373 e. The van der Waals surface area contributed by atoms with E-state index in [1.54, 1.807) is 12.1 Å². The first-order valence-corrected chi connectivity index (χ1v) is 7.85. The lowest BCUT2D eigenvalue weighted by molar-refractivity contribution is -0.135. The molecular weight excluding hydrogens is 386 g/mol. The summed E-state index contributed by atoms with van der Waals surface area (Å²) in [6, 6.07) is 10.2. The number of benzene rings is 2. The third kappa shape index (κ3) is 5.37. The largest absolute Gasteiger partial charge is 0.497 e. The van der Waals surface area contributed by atoms with Crippen LogP contribution in [0.2, 0.25) is 5.02 Å². The SMILES string of the molecule is COc1ccc(O/C(C(=O)O)=C(/Cl)C=NNc2ccc(F)c(Cl)c2)cc1. The normalized spacial score (nSPS) is 11.8. The zero-order valence-electron chi connectivity index (χ0n) is 13.4. The van der Waals surface area contributed by atoms with Crippen molar-refractivity contribution in [3.05, 3.63) is 64.1 Å². The van der Waals surface area contributed by atoms with Gasteiger partial charge in [-0.05, 0) is 42.5 Å². The second-order valence-corrected chi connectivity index (χ2v) is 5.57. The lowest BCUT2D eigenvalue weighted by atomic mass is 10.3. The van der Waals surface area contributed by atoms with Gasteiger partial charge in [0.25, 0.3) is 0 Å². The number of aliphatic carboxylic acids is 1. The fourth-order valence-electron chi connectivity index (χ4n) is 1.74. The summed E-state index contributed by atoms with van der Waals surface area (Å²) in [5, 5.41) is 12.7. The standard InChI is InChI=1S/C17H13Cl2FN2O4/c1-25-11-3-5-12(6-4-11)26-16(17(23)24)14(19)9-21-22-10-2-7-15(20)13(18)8-10/h2-9,22H,1H3,(H,23,24)/b16-14+,21-9?. The quantitative estimate of drug-likeness (QED) is 0.310. The molecule has 0 aliphatic heterocycles. The Labute approximate surface area is 158 Å². The third-order valence-electron chi connectivity index (χ3n) is 2.98. The molecule has 0 saturated heterocycles. The van der Waals surface area contributed by atoms with E-state index in [-0.39, 0.29) is 15.8 Å². The first kappa shape index (κ1) is 19.6. The third-order valence-corrected chi connectivity index (χ3v) is 3.54. The van der Waals surface area contributed by atoms with Crippen LogP contribution in [0.5, 0.6) is 11.5 Å². The minimum Gasteiger partial charge on any atom is -0.497 e. The number of hydrazone groups is 1. The van der Waals surface area contributed by atoms with E-state index >= 15 is 0 Å². The van der Waals surface area contributed by atoms with Crippen LogP contribution >= 0.6 is 23.2 Å².